The molecule has 5 heteroatoms. The van der Waals surface area contributed by atoms with E-state index in [4.69, 9.17) is 0 Å². The highest BCUT2D eigenvalue weighted by Gasteiger charge is 2.28. The molecule has 1 aromatic carbocycles. The summed E-state index contributed by atoms with van der Waals surface area (Å²) >= 11 is 0. The molecule has 3 aliphatic rings. The first-order chi connectivity index (χ1) is 12.2. The molecule has 25 heavy (non-hydrogen) atoms. The fourth-order valence-corrected chi connectivity index (χ4v) is 3.92. The summed E-state index contributed by atoms with van der Waals surface area (Å²) in [6.07, 6.45) is 4.27. The van der Waals surface area contributed by atoms with Crippen LogP contribution in [0.1, 0.15) is 36.0 Å². The minimum atomic E-state index is -0.157. The Labute approximate surface area is 150 Å². The van der Waals surface area contributed by atoms with Crippen molar-refractivity contribution in [2.45, 2.75) is 31.8 Å². The first kappa shape index (κ1) is 16.9. The van der Waals surface area contributed by atoms with Gasteiger partial charge in [-0.15, -0.1) is 0 Å². The van der Waals surface area contributed by atoms with Crippen LogP contribution in [-0.2, 0) is 0 Å². The van der Waals surface area contributed by atoms with E-state index in [0.717, 1.165) is 69.3 Å². The highest BCUT2D eigenvalue weighted by molar-refractivity contribution is 5.94. The summed E-state index contributed by atoms with van der Waals surface area (Å²) in [4.78, 5) is 19.5. The fraction of sp³-hybridized carbons (Fsp3) is 0.650. The van der Waals surface area contributed by atoms with Gasteiger partial charge in [0.15, 0.2) is 0 Å². The van der Waals surface area contributed by atoms with Crippen LogP contribution in [0.25, 0.3) is 0 Å². The number of piperidine rings is 1. The molecule has 2 saturated heterocycles. The van der Waals surface area contributed by atoms with Crippen LogP contribution in [0.4, 0.5) is 5.69 Å². The Hall–Kier alpha value is -1.59. The molecule has 2 aliphatic heterocycles. The van der Waals surface area contributed by atoms with Crippen molar-refractivity contribution in [3.63, 3.8) is 0 Å². The third-order valence-electron chi connectivity index (χ3n) is 5.82. The molecule has 0 atom stereocenters. The largest absolute Gasteiger partial charge is 0.393 e. The number of amides is 1. The lowest BCUT2D eigenvalue weighted by atomic mass is 10.1. The number of aliphatic hydroxyl groups is 1. The minimum Gasteiger partial charge on any atom is -0.393 e. The van der Waals surface area contributed by atoms with Crippen molar-refractivity contribution in [2.75, 3.05) is 50.7 Å². The van der Waals surface area contributed by atoms with Gasteiger partial charge >= 0.3 is 0 Å². The second-order valence-electron chi connectivity index (χ2n) is 7.80. The lowest BCUT2D eigenvalue weighted by molar-refractivity contribution is 0.0632. The van der Waals surface area contributed by atoms with E-state index in [1.165, 1.54) is 19.4 Å². The molecule has 0 unspecified atom stereocenters. The van der Waals surface area contributed by atoms with Crippen molar-refractivity contribution >= 4 is 11.6 Å². The van der Waals surface area contributed by atoms with Gasteiger partial charge in [0, 0.05) is 57.1 Å². The number of aliphatic hydroxyl groups excluding tert-OH is 1. The van der Waals surface area contributed by atoms with E-state index >= 15 is 0 Å². The van der Waals surface area contributed by atoms with Crippen LogP contribution < -0.4 is 4.90 Å². The second kappa shape index (κ2) is 7.34. The Kier molecular flexibility index (Phi) is 4.95. The van der Waals surface area contributed by atoms with Gasteiger partial charge in [-0.2, -0.15) is 0 Å². The number of nitrogens with zero attached hydrogens (tertiary/aromatic N) is 3. The summed E-state index contributed by atoms with van der Waals surface area (Å²) in [5.41, 5.74) is 1.94. The summed E-state index contributed by atoms with van der Waals surface area (Å²) in [5, 5.41) is 9.62. The molecule has 0 spiro atoms. The van der Waals surface area contributed by atoms with Crippen molar-refractivity contribution in [3.05, 3.63) is 29.8 Å². The highest BCUT2D eigenvalue weighted by atomic mass is 16.3. The summed E-state index contributed by atoms with van der Waals surface area (Å²) in [6.45, 7) is 6.71. The Morgan fingerprint density at radius 2 is 1.56 bits per heavy atom. The van der Waals surface area contributed by atoms with Crippen molar-refractivity contribution in [1.82, 2.24) is 9.80 Å². The molecule has 136 valence electrons. The van der Waals surface area contributed by atoms with E-state index in [1.807, 2.05) is 29.2 Å². The number of hydrogen-bond donors (Lipinski definition) is 1. The molecule has 0 bridgehead atoms. The van der Waals surface area contributed by atoms with Gasteiger partial charge in [0.25, 0.3) is 5.91 Å². The smallest absolute Gasteiger partial charge is 0.253 e. The maximum atomic E-state index is 12.7. The number of piperazine rings is 1. The summed E-state index contributed by atoms with van der Waals surface area (Å²) in [5.74, 6) is 1.08. The molecule has 2 heterocycles. The Morgan fingerprint density at radius 1 is 0.920 bits per heavy atom. The number of benzene rings is 1. The van der Waals surface area contributed by atoms with Crippen LogP contribution in [0.15, 0.2) is 24.3 Å². The number of hydrogen-bond acceptors (Lipinski definition) is 4. The molecule has 4 rings (SSSR count). The quantitative estimate of drug-likeness (QED) is 0.906. The zero-order valence-corrected chi connectivity index (χ0v) is 14.9. The molecular formula is C20H29N3O2. The van der Waals surface area contributed by atoms with Gasteiger partial charge in [0.1, 0.15) is 0 Å². The average Bonchev–Trinajstić information content (AvgIpc) is 3.47. The van der Waals surface area contributed by atoms with Crippen LogP contribution in [-0.4, -0.2) is 72.7 Å². The summed E-state index contributed by atoms with van der Waals surface area (Å²) in [7, 11) is 0. The SMILES string of the molecule is O=C(c1ccc(N2CCC(O)CC2)cc1)N1CCN(CC2CC2)CC1. The predicted octanol–water partition coefficient (Wildman–Crippen LogP) is 1.82. The third kappa shape index (κ3) is 4.15. The van der Waals surface area contributed by atoms with Crippen LogP contribution >= 0.6 is 0 Å². The molecule has 0 aromatic heterocycles. The Morgan fingerprint density at radius 3 is 2.16 bits per heavy atom. The van der Waals surface area contributed by atoms with Gasteiger partial charge < -0.3 is 14.9 Å². The van der Waals surface area contributed by atoms with E-state index in [2.05, 4.69) is 9.80 Å². The topological polar surface area (TPSA) is 47.0 Å². The van der Waals surface area contributed by atoms with Crippen LogP contribution in [0.2, 0.25) is 0 Å². The lowest BCUT2D eigenvalue weighted by Gasteiger charge is -2.35. The van der Waals surface area contributed by atoms with Gasteiger partial charge in [0.05, 0.1) is 6.10 Å². The van der Waals surface area contributed by atoms with Crippen LogP contribution in [0.5, 0.6) is 0 Å². The van der Waals surface area contributed by atoms with Crippen molar-refractivity contribution < 1.29 is 9.90 Å². The molecule has 1 N–H and O–H groups in total. The molecule has 0 radical (unpaired) electrons. The molecule has 3 fully saturated rings. The molecule has 1 saturated carbocycles. The number of carbonyl (C=O) groups excluding carboxylic acids is 1. The van der Waals surface area contributed by atoms with Crippen molar-refractivity contribution in [1.29, 1.82) is 0 Å². The molecule has 5 nitrogen and oxygen atoms in total. The maximum Gasteiger partial charge on any atom is 0.253 e. The second-order valence-corrected chi connectivity index (χ2v) is 7.80. The number of carbonyl (C=O) groups is 1. The van der Waals surface area contributed by atoms with Crippen molar-refractivity contribution in [3.8, 4) is 0 Å². The lowest BCUT2D eigenvalue weighted by Crippen LogP contribution is -2.49. The Balaban J connectivity index is 1.31. The van der Waals surface area contributed by atoms with Gasteiger partial charge in [-0.05, 0) is 55.9 Å². The third-order valence-corrected chi connectivity index (χ3v) is 5.82. The van der Waals surface area contributed by atoms with E-state index in [0.29, 0.717) is 0 Å². The standard InChI is InChI=1S/C20H29N3O2/c24-19-7-9-22(10-8-19)18-5-3-17(4-6-18)20(25)23-13-11-21(12-14-23)15-16-1-2-16/h3-6,16,19,24H,1-2,7-15H2. The van der Waals surface area contributed by atoms with Gasteiger partial charge in [-0.25, -0.2) is 0 Å². The zero-order valence-electron chi connectivity index (χ0n) is 14.9. The summed E-state index contributed by atoms with van der Waals surface area (Å²) in [6, 6.07) is 8.01. The van der Waals surface area contributed by atoms with Crippen molar-refractivity contribution in [2.24, 2.45) is 5.92 Å². The van der Waals surface area contributed by atoms with E-state index in [-0.39, 0.29) is 12.0 Å². The fourth-order valence-electron chi connectivity index (χ4n) is 3.92. The van der Waals surface area contributed by atoms with E-state index in [1.54, 1.807) is 0 Å². The minimum absolute atomic E-state index is 0.157. The average molecular weight is 343 g/mol. The van der Waals surface area contributed by atoms with Crippen LogP contribution in [0.3, 0.4) is 0 Å². The monoisotopic (exact) mass is 343 g/mol. The van der Waals surface area contributed by atoms with Gasteiger partial charge in [-0.3, -0.25) is 9.69 Å². The molecule has 1 aromatic rings. The highest BCUT2D eigenvalue weighted by Crippen LogP contribution is 2.30. The van der Waals surface area contributed by atoms with E-state index < -0.39 is 0 Å². The van der Waals surface area contributed by atoms with E-state index in [9.17, 15) is 9.90 Å². The first-order valence-electron chi connectivity index (χ1n) is 9.74. The number of rotatable bonds is 4. The van der Waals surface area contributed by atoms with Gasteiger partial charge in [-0.1, -0.05) is 0 Å². The molecular weight excluding hydrogens is 314 g/mol. The number of anilines is 1. The predicted molar refractivity (Wildman–Crippen MR) is 99.0 cm³/mol. The Bertz CT molecular complexity index is 583. The maximum absolute atomic E-state index is 12.7. The summed E-state index contributed by atoms with van der Waals surface area (Å²) < 4.78 is 0. The normalized spacial score (nSPS) is 23.1. The molecule has 1 aliphatic carbocycles. The molecule has 1 amide bonds. The first-order valence-corrected chi connectivity index (χ1v) is 9.74. The zero-order chi connectivity index (χ0) is 17.2. The van der Waals surface area contributed by atoms with Gasteiger partial charge in [0.2, 0.25) is 0 Å². The van der Waals surface area contributed by atoms with Crippen LogP contribution in [0, 0.1) is 5.92 Å².